The molecule has 0 bridgehead atoms. The third kappa shape index (κ3) is 3.14. The first-order valence-corrected chi connectivity index (χ1v) is 8.97. The second-order valence-corrected chi connectivity index (χ2v) is 7.55. The first-order chi connectivity index (χ1) is 11.2. The van der Waals surface area contributed by atoms with Crippen LogP contribution in [0.2, 0.25) is 0 Å². The molecule has 1 aliphatic carbocycles. The molecule has 3 nitrogen and oxygen atoms in total. The highest BCUT2D eigenvalue weighted by molar-refractivity contribution is 5.83. The number of hydrogen-bond donors (Lipinski definition) is 0. The summed E-state index contributed by atoms with van der Waals surface area (Å²) in [5.74, 6) is 1.66. The minimum Gasteiger partial charge on any atom is -0.332 e. The molecule has 1 saturated heterocycles. The van der Waals surface area contributed by atoms with Crippen molar-refractivity contribution in [2.75, 3.05) is 13.1 Å². The molecule has 0 radical (unpaired) electrons. The van der Waals surface area contributed by atoms with Gasteiger partial charge < -0.3 is 4.57 Å². The lowest BCUT2D eigenvalue weighted by Crippen LogP contribution is -2.32. The smallest absolute Gasteiger partial charge is 0.121 e. The quantitative estimate of drug-likeness (QED) is 0.849. The average molecular weight is 307 g/mol. The number of fused-ring (bicyclic) bond motifs is 1. The van der Waals surface area contributed by atoms with Gasteiger partial charge in [-0.15, -0.1) is 0 Å². The van der Waals surface area contributed by atoms with Gasteiger partial charge in [0.1, 0.15) is 11.8 Å². The fraction of sp³-hybridized carbons (Fsp3) is 0.550. The van der Waals surface area contributed by atoms with Crippen molar-refractivity contribution >= 4 is 10.9 Å². The molecule has 1 aromatic heterocycles. The Labute approximate surface area is 138 Å². The summed E-state index contributed by atoms with van der Waals surface area (Å²) in [6.07, 6.45) is 5.27. The van der Waals surface area contributed by atoms with E-state index in [1.54, 1.807) is 0 Å². The van der Waals surface area contributed by atoms with Crippen LogP contribution in [0.25, 0.3) is 10.9 Å². The van der Waals surface area contributed by atoms with E-state index >= 15 is 0 Å². The lowest BCUT2D eigenvalue weighted by Gasteiger charge is -2.30. The molecule has 0 N–H and O–H groups in total. The summed E-state index contributed by atoms with van der Waals surface area (Å²) in [4.78, 5) is 2.56. The molecule has 1 saturated carbocycles. The van der Waals surface area contributed by atoms with Gasteiger partial charge in [-0.2, -0.15) is 5.26 Å². The third-order valence-electron chi connectivity index (χ3n) is 5.50. The predicted octanol–water partition coefficient (Wildman–Crippen LogP) is 4.15. The molecule has 1 aromatic carbocycles. The van der Waals surface area contributed by atoms with Gasteiger partial charge in [-0.25, -0.2) is 0 Å². The summed E-state index contributed by atoms with van der Waals surface area (Å²) >= 11 is 0. The van der Waals surface area contributed by atoms with Crippen molar-refractivity contribution in [1.82, 2.24) is 9.47 Å². The Bertz CT molecular complexity index is 740. The zero-order valence-corrected chi connectivity index (χ0v) is 14.0. The van der Waals surface area contributed by atoms with Crippen molar-refractivity contribution < 1.29 is 0 Å². The second-order valence-electron chi connectivity index (χ2n) is 7.55. The summed E-state index contributed by atoms with van der Waals surface area (Å²) in [5, 5.41) is 10.7. The molecule has 2 aliphatic rings. The largest absolute Gasteiger partial charge is 0.332 e. The lowest BCUT2D eigenvalue weighted by atomic mass is 9.99. The molecule has 4 rings (SSSR count). The first kappa shape index (κ1) is 14.8. The average Bonchev–Trinajstić information content (AvgIpc) is 3.31. The molecule has 0 atom stereocenters. The summed E-state index contributed by atoms with van der Waals surface area (Å²) in [6, 6.07) is 11.2. The Balaban J connectivity index is 1.57. The Hall–Kier alpha value is -1.79. The molecule has 0 spiro atoms. The SMILES string of the molecule is CC1CCN(Cc2ccc3c(c2)cc(C#N)n3CC2CC2)CC1. The molecular formula is C20H25N3. The van der Waals surface area contributed by atoms with Gasteiger partial charge in [0.05, 0.1) is 0 Å². The van der Waals surface area contributed by atoms with Crippen LogP contribution in [0.1, 0.15) is 43.9 Å². The Kier molecular flexibility index (Phi) is 3.87. The predicted molar refractivity (Wildman–Crippen MR) is 93.1 cm³/mol. The second kappa shape index (κ2) is 6.02. The molecule has 2 aromatic rings. The molecule has 2 fully saturated rings. The number of nitriles is 1. The van der Waals surface area contributed by atoms with Gasteiger partial charge in [-0.05, 0) is 74.4 Å². The van der Waals surface area contributed by atoms with E-state index < -0.39 is 0 Å². The molecule has 0 unspecified atom stereocenters. The van der Waals surface area contributed by atoms with Crippen LogP contribution >= 0.6 is 0 Å². The van der Waals surface area contributed by atoms with Gasteiger partial charge in [0.2, 0.25) is 0 Å². The summed E-state index contributed by atoms with van der Waals surface area (Å²) in [6.45, 7) is 6.83. The fourth-order valence-electron chi connectivity index (χ4n) is 3.75. The number of piperidine rings is 1. The maximum Gasteiger partial charge on any atom is 0.121 e. The van der Waals surface area contributed by atoms with Crippen molar-refractivity contribution in [3.8, 4) is 6.07 Å². The topological polar surface area (TPSA) is 32.0 Å². The fourth-order valence-corrected chi connectivity index (χ4v) is 3.75. The van der Waals surface area contributed by atoms with Gasteiger partial charge in [0.15, 0.2) is 0 Å². The number of nitrogens with zero attached hydrogens (tertiary/aromatic N) is 3. The van der Waals surface area contributed by atoms with E-state index in [1.807, 2.05) is 0 Å². The highest BCUT2D eigenvalue weighted by Gasteiger charge is 2.24. The standard InChI is InChI=1S/C20H25N3/c1-15-6-8-22(9-7-15)13-17-4-5-20-18(10-17)11-19(12-21)23(20)14-16-2-3-16/h4-5,10-11,15-16H,2-3,6-9,13-14H2,1H3. The highest BCUT2D eigenvalue weighted by Crippen LogP contribution is 2.33. The minimum absolute atomic E-state index is 0.785. The number of rotatable bonds is 4. The van der Waals surface area contributed by atoms with Crippen LogP contribution in [-0.2, 0) is 13.1 Å². The third-order valence-corrected chi connectivity index (χ3v) is 5.50. The number of hydrogen-bond acceptors (Lipinski definition) is 2. The van der Waals surface area contributed by atoms with Crippen molar-refractivity contribution in [3.63, 3.8) is 0 Å². The molecule has 3 heteroatoms. The van der Waals surface area contributed by atoms with E-state index in [4.69, 9.17) is 0 Å². The van der Waals surface area contributed by atoms with Crippen LogP contribution in [0.4, 0.5) is 0 Å². The van der Waals surface area contributed by atoms with Gasteiger partial charge in [-0.1, -0.05) is 13.0 Å². The number of likely N-dealkylation sites (tertiary alicyclic amines) is 1. The van der Waals surface area contributed by atoms with Crippen LogP contribution in [0, 0.1) is 23.2 Å². The van der Waals surface area contributed by atoms with E-state index in [0.717, 1.165) is 30.6 Å². The van der Waals surface area contributed by atoms with Crippen LogP contribution in [-0.4, -0.2) is 22.6 Å². The van der Waals surface area contributed by atoms with Gasteiger partial charge in [-0.3, -0.25) is 4.90 Å². The van der Waals surface area contributed by atoms with E-state index in [-0.39, 0.29) is 0 Å². The zero-order chi connectivity index (χ0) is 15.8. The molecular weight excluding hydrogens is 282 g/mol. The van der Waals surface area contributed by atoms with Crippen molar-refractivity contribution in [2.24, 2.45) is 11.8 Å². The molecule has 1 aliphatic heterocycles. The minimum atomic E-state index is 0.785. The van der Waals surface area contributed by atoms with Crippen LogP contribution in [0.3, 0.4) is 0 Å². The summed E-state index contributed by atoms with van der Waals surface area (Å²) < 4.78 is 2.22. The van der Waals surface area contributed by atoms with E-state index in [1.165, 1.54) is 55.2 Å². The first-order valence-electron chi connectivity index (χ1n) is 8.97. The summed E-state index contributed by atoms with van der Waals surface area (Å²) in [5.41, 5.74) is 3.42. The van der Waals surface area contributed by atoms with E-state index in [9.17, 15) is 5.26 Å². The molecule has 0 amide bonds. The monoisotopic (exact) mass is 307 g/mol. The van der Waals surface area contributed by atoms with Crippen molar-refractivity contribution in [2.45, 2.75) is 45.7 Å². The van der Waals surface area contributed by atoms with Gasteiger partial charge >= 0.3 is 0 Å². The normalized spacial score (nSPS) is 20.0. The van der Waals surface area contributed by atoms with E-state index in [0.29, 0.717) is 0 Å². The lowest BCUT2D eigenvalue weighted by molar-refractivity contribution is 0.185. The zero-order valence-electron chi connectivity index (χ0n) is 14.0. The number of benzene rings is 1. The van der Waals surface area contributed by atoms with Crippen LogP contribution in [0.15, 0.2) is 24.3 Å². The van der Waals surface area contributed by atoms with Gasteiger partial charge in [0, 0.05) is 24.0 Å². The molecule has 2 heterocycles. The Morgan fingerprint density at radius 2 is 1.91 bits per heavy atom. The van der Waals surface area contributed by atoms with Crippen LogP contribution in [0.5, 0.6) is 0 Å². The maximum absolute atomic E-state index is 9.43. The Morgan fingerprint density at radius 3 is 2.61 bits per heavy atom. The molecule has 120 valence electrons. The Morgan fingerprint density at radius 1 is 1.13 bits per heavy atom. The van der Waals surface area contributed by atoms with E-state index in [2.05, 4.69) is 46.7 Å². The van der Waals surface area contributed by atoms with Crippen molar-refractivity contribution in [1.29, 1.82) is 5.26 Å². The molecule has 23 heavy (non-hydrogen) atoms. The summed E-state index contributed by atoms with van der Waals surface area (Å²) in [7, 11) is 0. The van der Waals surface area contributed by atoms with Crippen molar-refractivity contribution in [3.05, 3.63) is 35.5 Å². The maximum atomic E-state index is 9.43. The van der Waals surface area contributed by atoms with Gasteiger partial charge in [0.25, 0.3) is 0 Å². The highest BCUT2D eigenvalue weighted by atomic mass is 15.1. The number of aromatic nitrogens is 1. The van der Waals surface area contributed by atoms with Crippen LogP contribution < -0.4 is 0 Å².